The van der Waals surface area contributed by atoms with Gasteiger partial charge in [0.1, 0.15) is 11.8 Å². The highest BCUT2D eigenvalue weighted by molar-refractivity contribution is 6.00. The molecule has 1 aliphatic rings. The first-order valence-corrected chi connectivity index (χ1v) is 10.2. The van der Waals surface area contributed by atoms with E-state index in [1.54, 1.807) is 44.2 Å². The molecule has 1 atom stereocenters. The molecule has 0 fully saturated rings. The number of hydrogen-bond acceptors (Lipinski definition) is 5. The molecule has 0 aliphatic heterocycles. The monoisotopic (exact) mass is 409 g/mol. The third-order valence-electron chi connectivity index (χ3n) is 5.32. The number of para-hydroxylation sites is 1. The van der Waals surface area contributed by atoms with Crippen molar-refractivity contribution in [1.82, 2.24) is 5.32 Å². The Morgan fingerprint density at radius 2 is 1.77 bits per heavy atom. The molecule has 0 saturated heterocycles. The maximum absolute atomic E-state index is 12.6. The second-order valence-corrected chi connectivity index (χ2v) is 7.76. The zero-order chi connectivity index (χ0) is 21.7. The van der Waals surface area contributed by atoms with Crippen LogP contribution in [0.25, 0.3) is 0 Å². The van der Waals surface area contributed by atoms with E-state index in [4.69, 9.17) is 9.47 Å². The van der Waals surface area contributed by atoms with E-state index >= 15 is 0 Å². The van der Waals surface area contributed by atoms with E-state index < -0.39 is 17.9 Å². The van der Waals surface area contributed by atoms with Crippen LogP contribution < -0.4 is 10.1 Å². The van der Waals surface area contributed by atoms with Crippen LogP contribution in [-0.2, 0) is 22.4 Å². The van der Waals surface area contributed by atoms with E-state index in [9.17, 15) is 14.4 Å². The number of aryl methyl sites for hydroxylation is 2. The van der Waals surface area contributed by atoms with E-state index in [1.165, 1.54) is 18.2 Å². The Bertz CT molecular complexity index is 950. The van der Waals surface area contributed by atoms with Crippen LogP contribution in [-0.4, -0.2) is 37.4 Å². The lowest BCUT2D eigenvalue weighted by Crippen LogP contribution is -2.45. The number of carbonyl (C=O) groups is 3. The molecule has 3 rings (SSSR count). The van der Waals surface area contributed by atoms with E-state index in [-0.39, 0.29) is 18.3 Å². The van der Waals surface area contributed by atoms with Crippen molar-refractivity contribution in [2.45, 2.75) is 39.2 Å². The minimum absolute atomic E-state index is 0.216. The predicted octanol–water partition coefficient (Wildman–Crippen LogP) is 3.36. The molecule has 0 aromatic heterocycles. The van der Waals surface area contributed by atoms with Crippen LogP contribution in [0.3, 0.4) is 0 Å². The van der Waals surface area contributed by atoms with Gasteiger partial charge in [-0.15, -0.1) is 0 Å². The van der Waals surface area contributed by atoms with Crippen LogP contribution in [0.2, 0.25) is 0 Å². The minimum atomic E-state index is -0.879. The summed E-state index contributed by atoms with van der Waals surface area (Å²) in [7, 11) is 1.48. The number of ketones is 1. The molecule has 0 heterocycles. The van der Waals surface area contributed by atoms with Crippen molar-refractivity contribution in [1.29, 1.82) is 0 Å². The van der Waals surface area contributed by atoms with Gasteiger partial charge in [0, 0.05) is 5.56 Å². The van der Waals surface area contributed by atoms with Gasteiger partial charge in [0.15, 0.2) is 12.4 Å². The van der Waals surface area contributed by atoms with Gasteiger partial charge in [0.25, 0.3) is 5.91 Å². The smallest absolute Gasteiger partial charge is 0.329 e. The fourth-order valence-electron chi connectivity index (χ4n) is 3.60. The quantitative estimate of drug-likeness (QED) is 0.534. The normalized spacial score (nSPS) is 13.5. The van der Waals surface area contributed by atoms with Gasteiger partial charge in [-0.25, -0.2) is 4.79 Å². The predicted molar refractivity (Wildman–Crippen MR) is 113 cm³/mol. The maximum atomic E-state index is 12.6. The lowest BCUT2D eigenvalue weighted by molar-refractivity contribution is -0.145. The molecule has 1 N–H and O–H groups in total. The standard InChI is InChI=1S/C24H27NO5/c1-15(2)22(25-23(27)19-9-4-5-10-21(19)29-3)24(28)30-14-20(26)18-12-11-16-7-6-8-17(16)13-18/h4-5,9-13,15,22H,6-8,14H2,1-3H3,(H,25,27)/t22-/m0/s1. The van der Waals surface area contributed by atoms with Crippen LogP contribution in [0.4, 0.5) is 0 Å². The lowest BCUT2D eigenvalue weighted by Gasteiger charge is -2.21. The van der Waals surface area contributed by atoms with Crippen molar-refractivity contribution in [2.24, 2.45) is 5.92 Å². The maximum Gasteiger partial charge on any atom is 0.329 e. The highest BCUT2D eigenvalue weighted by Crippen LogP contribution is 2.23. The molecule has 0 bridgehead atoms. The first kappa shape index (κ1) is 21.6. The molecule has 2 aromatic carbocycles. The summed E-state index contributed by atoms with van der Waals surface area (Å²) in [4.78, 5) is 37.7. The molecule has 0 unspecified atom stereocenters. The Labute approximate surface area is 176 Å². The molecule has 30 heavy (non-hydrogen) atoms. The van der Waals surface area contributed by atoms with Crippen molar-refractivity contribution in [2.75, 3.05) is 13.7 Å². The molecule has 1 amide bonds. The number of rotatable bonds is 8. The average molecular weight is 409 g/mol. The molecule has 158 valence electrons. The summed E-state index contributed by atoms with van der Waals surface area (Å²) in [5.41, 5.74) is 3.34. The zero-order valence-corrected chi connectivity index (χ0v) is 17.6. The van der Waals surface area contributed by atoms with E-state index in [0.717, 1.165) is 19.3 Å². The summed E-state index contributed by atoms with van der Waals surface area (Å²) >= 11 is 0. The first-order chi connectivity index (χ1) is 14.4. The Morgan fingerprint density at radius 3 is 2.50 bits per heavy atom. The van der Waals surface area contributed by atoms with Crippen molar-refractivity contribution < 1.29 is 23.9 Å². The molecule has 1 aliphatic carbocycles. The highest BCUT2D eigenvalue weighted by atomic mass is 16.5. The van der Waals surface area contributed by atoms with Crippen molar-refractivity contribution >= 4 is 17.7 Å². The number of ether oxygens (including phenoxy) is 2. The van der Waals surface area contributed by atoms with Crippen LogP contribution in [0.15, 0.2) is 42.5 Å². The third-order valence-corrected chi connectivity index (χ3v) is 5.32. The number of Topliss-reactive ketones (excluding diaryl/α,β-unsaturated/α-hetero) is 1. The Hall–Kier alpha value is -3.15. The molecular weight excluding hydrogens is 382 g/mol. The zero-order valence-electron chi connectivity index (χ0n) is 17.6. The van der Waals surface area contributed by atoms with Gasteiger partial charge >= 0.3 is 5.97 Å². The fraction of sp³-hybridized carbons (Fsp3) is 0.375. The van der Waals surface area contributed by atoms with Gasteiger partial charge in [-0.3, -0.25) is 9.59 Å². The van der Waals surface area contributed by atoms with Gasteiger partial charge in [0.2, 0.25) is 0 Å². The second kappa shape index (κ2) is 9.57. The summed E-state index contributed by atoms with van der Waals surface area (Å²) < 4.78 is 10.5. The molecule has 0 saturated carbocycles. The Kier molecular flexibility index (Phi) is 6.87. The van der Waals surface area contributed by atoms with Crippen molar-refractivity contribution in [3.8, 4) is 5.75 Å². The number of fused-ring (bicyclic) bond motifs is 1. The Balaban J connectivity index is 1.62. The van der Waals surface area contributed by atoms with Gasteiger partial charge in [-0.1, -0.05) is 38.1 Å². The van der Waals surface area contributed by atoms with Crippen molar-refractivity contribution in [3.63, 3.8) is 0 Å². The summed E-state index contributed by atoms with van der Waals surface area (Å²) in [6.45, 7) is 3.25. The number of amides is 1. The molecular formula is C24H27NO5. The fourth-order valence-corrected chi connectivity index (χ4v) is 3.60. The van der Waals surface area contributed by atoms with E-state index in [1.807, 2.05) is 12.1 Å². The van der Waals surface area contributed by atoms with Gasteiger partial charge in [-0.2, -0.15) is 0 Å². The van der Waals surface area contributed by atoms with Crippen molar-refractivity contribution in [3.05, 3.63) is 64.7 Å². The number of carbonyl (C=O) groups excluding carboxylic acids is 3. The number of hydrogen-bond donors (Lipinski definition) is 1. The number of benzene rings is 2. The highest BCUT2D eigenvalue weighted by Gasteiger charge is 2.28. The molecule has 2 aromatic rings. The van der Waals surface area contributed by atoms with E-state index in [0.29, 0.717) is 16.9 Å². The number of esters is 1. The van der Waals surface area contributed by atoms with Crippen LogP contribution in [0.1, 0.15) is 52.1 Å². The van der Waals surface area contributed by atoms with Crippen LogP contribution in [0.5, 0.6) is 5.75 Å². The Morgan fingerprint density at radius 1 is 1.03 bits per heavy atom. The SMILES string of the molecule is COc1ccccc1C(=O)N[C@H](C(=O)OCC(=O)c1ccc2c(c1)CCC2)C(C)C. The van der Waals surface area contributed by atoms with Gasteiger partial charge < -0.3 is 14.8 Å². The third kappa shape index (κ3) is 4.87. The first-order valence-electron chi connectivity index (χ1n) is 10.2. The summed E-state index contributed by atoms with van der Waals surface area (Å²) in [6, 6.07) is 11.5. The molecule has 0 spiro atoms. The second-order valence-electron chi connectivity index (χ2n) is 7.76. The lowest BCUT2D eigenvalue weighted by atomic mass is 10.0. The molecule has 6 nitrogen and oxygen atoms in total. The van der Waals surface area contributed by atoms with Gasteiger partial charge in [0.05, 0.1) is 12.7 Å². The van der Waals surface area contributed by atoms with Crippen LogP contribution >= 0.6 is 0 Å². The average Bonchev–Trinajstić information content (AvgIpc) is 3.23. The molecule has 6 heteroatoms. The topological polar surface area (TPSA) is 81.7 Å². The van der Waals surface area contributed by atoms with E-state index in [2.05, 4.69) is 5.32 Å². The minimum Gasteiger partial charge on any atom is -0.496 e. The summed E-state index contributed by atoms with van der Waals surface area (Å²) in [5.74, 6) is -1.13. The van der Waals surface area contributed by atoms with Crippen LogP contribution in [0, 0.1) is 5.92 Å². The largest absolute Gasteiger partial charge is 0.496 e. The number of methoxy groups -OCH3 is 1. The summed E-state index contributed by atoms with van der Waals surface area (Å²) in [5, 5.41) is 2.70. The van der Waals surface area contributed by atoms with Gasteiger partial charge in [-0.05, 0) is 54.5 Å². The molecule has 0 radical (unpaired) electrons. The number of nitrogens with one attached hydrogen (secondary N) is 1. The summed E-state index contributed by atoms with van der Waals surface area (Å²) in [6.07, 6.45) is 3.12.